The van der Waals surface area contributed by atoms with E-state index in [0.29, 0.717) is 67.8 Å². The Bertz CT molecular complexity index is 757. The van der Waals surface area contributed by atoms with Gasteiger partial charge in [0.2, 0.25) is 5.91 Å². The second-order valence-electron chi connectivity index (χ2n) is 7.65. The number of hydrogen-bond acceptors (Lipinski definition) is 4. The van der Waals surface area contributed by atoms with Gasteiger partial charge >= 0.3 is 0 Å². The molecule has 3 heterocycles. The Labute approximate surface area is 174 Å². The van der Waals surface area contributed by atoms with Crippen LogP contribution in [0, 0.1) is 5.92 Å². The SMILES string of the molecule is O=C(c1ccc(Cl)c(Cl)c1)N1CCC[C@@H](C(=O)N2CCC3(CC2)OCCO3)C1. The first kappa shape index (κ1) is 20.0. The molecular formula is C20H24Cl2N2O4. The summed E-state index contributed by atoms with van der Waals surface area (Å²) in [4.78, 5) is 29.5. The molecule has 1 aromatic rings. The van der Waals surface area contributed by atoms with Crippen molar-refractivity contribution < 1.29 is 19.1 Å². The largest absolute Gasteiger partial charge is 0.347 e. The summed E-state index contributed by atoms with van der Waals surface area (Å²) in [5.41, 5.74) is 0.498. The minimum absolute atomic E-state index is 0.110. The van der Waals surface area contributed by atoms with Gasteiger partial charge in [-0.25, -0.2) is 0 Å². The summed E-state index contributed by atoms with van der Waals surface area (Å²) in [6.45, 7) is 3.61. The van der Waals surface area contributed by atoms with Crippen LogP contribution < -0.4 is 0 Å². The lowest BCUT2D eigenvalue weighted by molar-refractivity contribution is -0.188. The predicted octanol–water partition coefficient (Wildman–Crippen LogP) is 3.21. The minimum atomic E-state index is -0.487. The van der Waals surface area contributed by atoms with Gasteiger partial charge in [-0.05, 0) is 31.0 Å². The zero-order chi connectivity index (χ0) is 19.7. The van der Waals surface area contributed by atoms with Crippen LogP contribution in [0.15, 0.2) is 18.2 Å². The first-order valence-electron chi connectivity index (χ1n) is 9.78. The average molecular weight is 427 g/mol. The molecule has 3 saturated heterocycles. The van der Waals surface area contributed by atoms with Crippen molar-refractivity contribution in [3.8, 4) is 0 Å². The number of halogens is 2. The van der Waals surface area contributed by atoms with E-state index in [-0.39, 0.29) is 17.7 Å². The molecule has 0 saturated carbocycles. The summed E-state index contributed by atoms with van der Waals surface area (Å²) >= 11 is 12.0. The second kappa shape index (κ2) is 8.19. The topological polar surface area (TPSA) is 59.1 Å². The van der Waals surface area contributed by atoms with E-state index in [2.05, 4.69) is 0 Å². The standard InChI is InChI=1S/C20H24Cl2N2O4/c21-16-4-3-14(12-17(16)22)18(25)24-7-1-2-15(13-24)19(26)23-8-5-20(6-9-23)27-10-11-28-20/h3-4,12,15H,1-2,5-11,13H2/t15-/m1/s1. The van der Waals surface area contributed by atoms with Crippen LogP contribution in [0.3, 0.4) is 0 Å². The van der Waals surface area contributed by atoms with E-state index in [1.807, 2.05) is 4.90 Å². The zero-order valence-corrected chi connectivity index (χ0v) is 17.2. The number of ether oxygens (including phenoxy) is 2. The van der Waals surface area contributed by atoms with Crippen LogP contribution in [-0.4, -0.2) is 66.8 Å². The van der Waals surface area contributed by atoms with Gasteiger partial charge < -0.3 is 19.3 Å². The third-order valence-electron chi connectivity index (χ3n) is 5.87. The Kier molecular flexibility index (Phi) is 5.83. The van der Waals surface area contributed by atoms with E-state index in [0.717, 1.165) is 12.8 Å². The molecular weight excluding hydrogens is 403 g/mol. The third-order valence-corrected chi connectivity index (χ3v) is 6.61. The summed E-state index contributed by atoms with van der Waals surface area (Å²) in [6.07, 6.45) is 3.03. The highest BCUT2D eigenvalue weighted by molar-refractivity contribution is 6.42. The summed E-state index contributed by atoms with van der Waals surface area (Å²) in [5, 5.41) is 0.777. The second-order valence-corrected chi connectivity index (χ2v) is 8.47. The van der Waals surface area contributed by atoms with Crippen LogP contribution in [0.2, 0.25) is 10.0 Å². The highest BCUT2D eigenvalue weighted by Crippen LogP contribution is 2.32. The van der Waals surface area contributed by atoms with E-state index in [9.17, 15) is 9.59 Å². The Hall–Kier alpha value is -1.34. The maximum absolute atomic E-state index is 13.0. The Morgan fingerprint density at radius 1 is 1.00 bits per heavy atom. The van der Waals surface area contributed by atoms with E-state index in [1.165, 1.54) is 0 Å². The third kappa shape index (κ3) is 4.01. The molecule has 0 bridgehead atoms. The molecule has 28 heavy (non-hydrogen) atoms. The summed E-state index contributed by atoms with van der Waals surface area (Å²) < 4.78 is 11.5. The number of carbonyl (C=O) groups is 2. The van der Waals surface area contributed by atoms with Crippen LogP contribution >= 0.6 is 23.2 Å². The fraction of sp³-hybridized carbons (Fsp3) is 0.600. The van der Waals surface area contributed by atoms with E-state index in [1.54, 1.807) is 23.1 Å². The molecule has 3 fully saturated rings. The lowest BCUT2D eigenvalue weighted by Crippen LogP contribution is -2.51. The van der Waals surface area contributed by atoms with Crippen molar-refractivity contribution in [1.82, 2.24) is 9.80 Å². The number of likely N-dealkylation sites (tertiary alicyclic amines) is 2. The molecule has 1 atom stereocenters. The maximum Gasteiger partial charge on any atom is 0.253 e. The smallest absolute Gasteiger partial charge is 0.253 e. The quantitative estimate of drug-likeness (QED) is 0.728. The van der Waals surface area contributed by atoms with Crippen molar-refractivity contribution in [3.05, 3.63) is 33.8 Å². The fourth-order valence-corrected chi connectivity index (χ4v) is 4.58. The van der Waals surface area contributed by atoms with Gasteiger partial charge in [0.1, 0.15) is 0 Å². The summed E-state index contributed by atoms with van der Waals surface area (Å²) in [7, 11) is 0. The first-order chi connectivity index (χ1) is 13.5. The summed E-state index contributed by atoms with van der Waals surface area (Å²) in [5.74, 6) is -0.639. The van der Waals surface area contributed by atoms with Gasteiger partial charge in [-0.15, -0.1) is 0 Å². The van der Waals surface area contributed by atoms with Gasteiger partial charge in [-0.1, -0.05) is 23.2 Å². The van der Waals surface area contributed by atoms with Gasteiger partial charge in [0.15, 0.2) is 5.79 Å². The lowest BCUT2D eigenvalue weighted by Gasteiger charge is -2.40. The van der Waals surface area contributed by atoms with Crippen molar-refractivity contribution in [1.29, 1.82) is 0 Å². The van der Waals surface area contributed by atoms with Crippen LogP contribution in [0.4, 0.5) is 0 Å². The molecule has 152 valence electrons. The number of rotatable bonds is 2. The van der Waals surface area contributed by atoms with Crippen LogP contribution in [0.25, 0.3) is 0 Å². The monoisotopic (exact) mass is 426 g/mol. The number of nitrogens with zero attached hydrogens (tertiary/aromatic N) is 2. The number of carbonyl (C=O) groups excluding carboxylic acids is 2. The van der Waals surface area contributed by atoms with E-state index < -0.39 is 5.79 Å². The molecule has 0 N–H and O–H groups in total. The van der Waals surface area contributed by atoms with Gasteiger partial charge in [0.05, 0.1) is 29.2 Å². The number of hydrogen-bond donors (Lipinski definition) is 0. The molecule has 1 spiro atoms. The van der Waals surface area contributed by atoms with E-state index >= 15 is 0 Å². The Morgan fingerprint density at radius 2 is 1.71 bits per heavy atom. The molecule has 0 unspecified atom stereocenters. The predicted molar refractivity (Wildman–Crippen MR) is 106 cm³/mol. The molecule has 3 aliphatic heterocycles. The fourth-order valence-electron chi connectivity index (χ4n) is 4.29. The summed E-state index contributed by atoms with van der Waals surface area (Å²) in [6, 6.07) is 4.89. The molecule has 4 rings (SSSR count). The molecule has 0 aromatic heterocycles. The molecule has 0 aliphatic carbocycles. The average Bonchev–Trinajstić information content (AvgIpc) is 3.17. The molecule has 1 aromatic carbocycles. The van der Waals surface area contributed by atoms with Crippen LogP contribution in [0.1, 0.15) is 36.0 Å². The zero-order valence-electron chi connectivity index (χ0n) is 15.7. The van der Waals surface area contributed by atoms with Crippen LogP contribution in [0.5, 0.6) is 0 Å². The van der Waals surface area contributed by atoms with Gasteiger partial charge in [0.25, 0.3) is 5.91 Å². The molecule has 2 amide bonds. The lowest BCUT2D eigenvalue weighted by atomic mass is 9.94. The first-order valence-corrected chi connectivity index (χ1v) is 10.5. The van der Waals surface area contributed by atoms with Gasteiger partial charge in [-0.3, -0.25) is 9.59 Å². The number of amides is 2. The Balaban J connectivity index is 1.37. The van der Waals surface area contributed by atoms with Crippen LogP contribution in [-0.2, 0) is 14.3 Å². The number of piperidine rings is 2. The Morgan fingerprint density at radius 3 is 2.39 bits per heavy atom. The van der Waals surface area contributed by atoms with Crippen molar-refractivity contribution in [2.75, 3.05) is 39.4 Å². The van der Waals surface area contributed by atoms with Gasteiger partial charge in [-0.2, -0.15) is 0 Å². The van der Waals surface area contributed by atoms with E-state index in [4.69, 9.17) is 32.7 Å². The molecule has 3 aliphatic rings. The van der Waals surface area contributed by atoms with Gasteiger partial charge in [0, 0.05) is 44.6 Å². The maximum atomic E-state index is 13.0. The van der Waals surface area contributed by atoms with Crippen molar-refractivity contribution in [3.63, 3.8) is 0 Å². The molecule has 8 heteroatoms. The van der Waals surface area contributed by atoms with Crippen molar-refractivity contribution in [2.24, 2.45) is 5.92 Å². The molecule has 6 nitrogen and oxygen atoms in total. The van der Waals surface area contributed by atoms with Crippen molar-refractivity contribution >= 4 is 35.0 Å². The molecule has 0 radical (unpaired) electrons. The normalized spacial score (nSPS) is 24.6. The highest BCUT2D eigenvalue weighted by atomic mass is 35.5. The number of benzene rings is 1. The minimum Gasteiger partial charge on any atom is -0.347 e. The van der Waals surface area contributed by atoms with Crippen molar-refractivity contribution in [2.45, 2.75) is 31.5 Å². The highest BCUT2D eigenvalue weighted by Gasteiger charge is 2.42.